The average molecular weight is 322 g/mol. The van der Waals surface area contributed by atoms with Crippen molar-refractivity contribution in [1.29, 1.82) is 0 Å². The zero-order chi connectivity index (χ0) is 16.5. The summed E-state index contributed by atoms with van der Waals surface area (Å²) in [5.74, 6) is 0.470. The summed E-state index contributed by atoms with van der Waals surface area (Å²) in [4.78, 5) is 16.6. The summed E-state index contributed by atoms with van der Waals surface area (Å²) in [7, 11) is 0. The van der Waals surface area contributed by atoms with Crippen LogP contribution in [-0.4, -0.2) is 23.6 Å². The van der Waals surface area contributed by atoms with Gasteiger partial charge in [0.05, 0.1) is 0 Å². The topological polar surface area (TPSA) is 64.4 Å². The number of carbonyl (C=O) groups excluding carboxylic acids is 1. The minimum Gasteiger partial charge on any atom is -0.436 e. The molecular weight excluding hydrogens is 304 g/mol. The normalized spacial score (nSPS) is 17.3. The van der Waals surface area contributed by atoms with Gasteiger partial charge in [-0.05, 0) is 44.0 Å². The van der Waals surface area contributed by atoms with E-state index in [0.717, 1.165) is 23.9 Å². The van der Waals surface area contributed by atoms with Crippen LogP contribution in [0.25, 0.3) is 22.6 Å². The number of nitrogens with zero attached hydrogens (tertiary/aromatic N) is 1. The number of nitrogens with one attached hydrogen (secondary N) is 1. The van der Waals surface area contributed by atoms with Crippen molar-refractivity contribution in [3.63, 3.8) is 0 Å². The standard InChI is InChI=1S/C19H18N2O3/c1-12-4-6-13(7-5-12)19-21-15-9-8-14(11-17(15)24-19)20-18(22)16-3-2-10-23-16/h4-9,11,16H,2-3,10H2,1H3,(H,20,22). The van der Waals surface area contributed by atoms with E-state index in [4.69, 9.17) is 9.15 Å². The second-order valence-corrected chi connectivity index (χ2v) is 6.06. The van der Waals surface area contributed by atoms with E-state index in [1.54, 1.807) is 6.07 Å². The molecule has 0 bridgehead atoms. The third kappa shape index (κ3) is 2.90. The second kappa shape index (κ2) is 6.09. The van der Waals surface area contributed by atoms with Crippen molar-refractivity contribution in [2.75, 3.05) is 11.9 Å². The first-order chi connectivity index (χ1) is 11.7. The predicted octanol–water partition coefficient (Wildman–Crippen LogP) is 3.92. The molecule has 5 nitrogen and oxygen atoms in total. The van der Waals surface area contributed by atoms with Crippen molar-refractivity contribution >= 4 is 22.7 Å². The van der Waals surface area contributed by atoms with Gasteiger partial charge in [-0.25, -0.2) is 4.98 Å². The quantitative estimate of drug-likeness (QED) is 0.794. The highest BCUT2D eigenvalue weighted by Gasteiger charge is 2.23. The maximum Gasteiger partial charge on any atom is 0.253 e. The molecule has 1 unspecified atom stereocenters. The Hall–Kier alpha value is -2.66. The van der Waals surface area contributed by atoms with E-state index in [0.29, 0.717) is 23.8 Å². The number of amides is 1. The minimum absolute atomic E-state index is 0.106. The summed E-state index contributed by atoms with van der Waals surface area (Å²) in [6.45, 7) is 2.69. The van der Waals surface area contributed by atoms with E-state index in [1.165, 1.54) is 5.56 Å². The number of hydrogen-bond donors (Lipinski definition) is 1. The number of oxazole rings is 1. The lowest BCUT2D eigenvalue weighted by atomic mass is 10.1. The number of fused-ring (bicyclic) bond motifs is 1. The van der Waals surface area contributed by atoms with Crippen LogP contribution in [0, 0.1) is 6.92 Å². The van der Waals surface area contributed by atoms with Gasteiger partial charge in [0.25, 0.3) is 5.91 Å². The van der Waals surface area contributed by atoms with Gasteiger partial charge in [0.1, 0.15) is 11.6 Å². The van der Waals surface area contributed by atoms with Crippen LogP contribution >= 0.6 is 0 Å². The molecule has 1 fully saturated rings. The Morgan fingerprint density at radius 1 is 1.21 bits per heavy atom. The van der Waals surface area contributed by atoms with Crippen LogP contribution in [0.1, 0.15) is 18.4 Å². The molecule has 2 aromatic carbocycles. The number of rotatable bonds is 3. The number of hydrogen-bond acceptors (Lipinski definition) is 4. The van der Waals surface area contributed by atoms with Crippen molar-refractivity contribution in [2.45, 2.75) is 25.9 Å². The predicted molar refractivity (Wildman–Crippen MR) is 91.8 cm³/mol. The van der Waals surface area contributed by atoms with E-state index < -0.39 is 0 Å². The van der Waals surface area contributed by atoms with E-state index in [-0.39, 0.29) is 12.0 Å². The number of ether oxygens (including phenoxy) is 1. The molecule has 122 valence electrons. The SMILES string of the molecule is Cc1ccc(-c2nc3ccc(NC(=O)C4CCCO4)cc3o2)cc1. The first kappa shape index (κ1) is 14.9. The van der Waals surface area contributed by atoms with Gasteiger partial charge in [-0.3, -0.25) is 4.79 Å². The molecule has 1 aromatic heterocycles. The average Bonchev–Trinajstić information content (AvgIpc) is 3.24. The summed E-state index contributed by atoms with van der Waals surface area (Å²) < 4.78 is 11.2. The molecule has 1 amide bonds. The lowest BCUT2D eigenvalue weighted by Crippen LogP contribution is -2.26. The van der Waals surface area contributed by atoms with Gasteiger partial charge >= 0.3 is 0 Å². The molecule has 1 aliphatic heterocycles. The highest BCUT2D eigenvalue weighted by atomic mass is 16.5. The number of benzene rings is 2. The van der Waals surface area contributed by atoms with Gasteiger partial charge in [0.15, 0.2) is 5.58 Å². The maximum absolute atomic E-state index is 12.1. The summed E-state index contributed by atoms with van der Waals surface area (Å²) in [6.07, 6.45) is 1.35. The Morgan fingerprint density at radius 3 is 2.79 bits per heavy atom. The van der Waals surface area contributed by atoms with Crippen LogP contribution in [0.15, 0.2) is 46.9 Å². The fourth-order valence-electron chi connectivity index (χ4n) is 2.83. The maximum atomic E-state index is 12.1. The largest absolute Gasteiger partial charge is 0.436 e. The van der Waals surface area contributed by atoms with E-state index in [1.807, 2.05) is 43.3 Å². The molecule has 0 spiro atoms. The highest BCUT2D eigenvalue weighted by molar-refractivity contribution is 5.95. The molecule has 1 saturated heterocycles. The third-order valence-corrected chi connectivity index (χ3v) is 4.18. The van der Waals surface area contributed by atoms with Crippen molar-refractivity contribution in [2.24, 2.45) is 0 Å². The molecule has 1 N–H and O–H groups in total. The Labute approximate surface area is 139 Å². The van der Waals surface area contributed by atoms with Crippen LogP contribution in [0.2, 0.25) is 0 Å². The Bertz CT molecular complexity index is 877. The number of aromatic nitrogens is 1. The van der Waals surface area contributed by atoms with Gasteiger partial charge < -0.3 is 14.5 Å². The van der Waals surface area contributed by atoms with Crippen molar-refractivity contribution < 1.29 is 13.9 Å². The van der Waals surface area contributed by atoms with Crippen LogP contribution in [0.4, 0.5) is 5.69 Å². The number of carbonyl (C=O) groups is 1. The van der Waals surface area contributed by atoms with E-state index in [2.05, 4.69) is 10.3 Å². The molecular formula is C19H18N2O3. The molecule has 1 aliphatic rings. The summed E-state index contributed by atoms with van der Waals surface area (Å²) in [5, 5.41) is 2.88. The van der Waals surface area contributed by atoms with Crippen LogP contribution in [-0.2, 0) is 9.53 Å². The Kier molecular flexibility index (Phi) is 3.78. The first-order valence-electron chi connectivity index (χ1n) is 8.09. The fraction of sp³-hybridized carbons (Fsp3) is 0.263. The van der Waals surface area contributed by atoms with E-state index in [9.17, 15) is 4.79 Å². The molecule has 0 radical (unpaired) electrons. The van der Waals surface area contributed by atoms with Gasteiger partial charge in [-0.15, -0.1) is 0 Å². The fourth-order valence-corrected chi connectivity index (χ4v) is 2.83. The lowest BCUT2D eigenvalue weighted by molar-refractivity contribution is -0.124. The molecule has 0 saturated carbocycles. The molecule has 1 atom stereocenters. The van der Waals surface area contributed by atoms with Crippen LogP contribution in [0.3, 0.4) is 0 Å². The summed E-state index contributed by atoms with van der Waals surface area (Å²) in [6, 6.07) is 13.5. The molecule has 5 heteroatoms. The molecule has 0 aliphatic carbocycles. The van der Waals surface area contributed by atoms with Gasteiger partial charge in [-0.1, -0.05) is 17.7 Å². The van der Waals surface area contributed by atoms with Gasteiger partial charge in [0.2, 0.25) is 5.89 Å². The minimum atomic E-state index is -0.349. The molecule has 2 heterocycles. The third-order valence-electron chi connectivity index (χ3n) is 4.18. The van der Waals surface area contributed by atoms with E-state index >= 15 is 0 Å². The first-order valence-corrected chi connectivity index (χ1v) is 8.09. The lowest BCUT2D eigenvalue weighted by Gasteiger charge is -2.09. The smallest absolute Gasteiger partial charge is 0.253 e. The van der Waals surface area contributed by atoms with Crippen molar-refractivity contribution in [3.8, 4) is 11.5 Å². The van der Waals surface area contributed by atoms with Crippen LogP contribution < -0.4 is 5.32 Å². The number of anilines is 1. The highest BCUT2D eigenvalue weighted by Crippen LogP contribution is 2.27. The summed E-state index contributed by atoms with van der Waals surface area (Å²) >= 11 is 0. The van der Waals surface area contributed by atoms with Gasteiger partial charge in [-0.2, -0.15) is 0 Å². The monoisotopic (exact) mass is 322 g/mol. The molecule has 24 heavy (non-hydrogen) atoms. The summed E-state index contributed by atoms with van der Waals surface area (Å²) in [5.41, 5.74) is 4.22. The second-order valence-electron chi connectivity index (χ2n) is 6.06. The Morgan fingerprint density at radius 2 is 2.04 bits per heavy atom. The van der Waals surface area contributed by atoms with Gasteiger partial charge in [0, 0.05) is 23.9 Å². The zero-order valence-electron chi connectivity index (χ0n) is 13.4. The van der Waals surface area contributed by atoms with Crippen LogP contribution in [0.5, 0.6) is 0 Å². The Balaban J connectivity index is 1.58. The molecule has 4 rings (SSSR count). The van der Waals surface area contributed by atoms with Crippen molar-refractivity contribution in [1.82, 2.24) is 4.98 Å². The zero-order valence-corrected chi connectivity index (χ0v) is 13.4. The molecule has 3 aromatic rings. The number of aryl methyl sites for hydroxylation is 1. The van der Waals surface area contributed by atoms with Crippen molar-refractivity contribution in [3.05, 3.63) is 48.0 Å².